The third-order valence-corrected chi connectivity index (χ3v) is 5.37. The van der Waals surface area contributed by atoms with Gasteiger partial charge in [-0.05, 0) is 59.7 Å². The summed E-state index contributed by atoms with van der Waals surface area (Å²) in [5.41, 5.74) is 2.19. The van der Waals surface area contributed by atoms with Gasteiger partial charge in [-0.2, -0.15) is 0 Å². The van der Waals surface area contributed by atoms with Gasteiger partial charge in [-0.15, -0.1) is 0 Å². The number of carbonyl (C=O) groups is 1. The minimum absolute atomic E-state index is 0.0850. The van der Waals surface area contributed by atoms with Crippen LogP contribution >= 0.6 is 0 Å². The first-order valence-corrected chi connectivity index (χ1v) is 9.48. The molecule has 0 radical (unpaired) electrons. The molecule has 3 aromatic rings. The van der Waals surface area contributed by atoms with Crippen molar-refractivity contribution in [3.05, 3.63) is 78.4 Å². The van der Waals surface area contributed by atoms with Crippen molar-refractivity contribution in [1.29, 1.82) is 0 Å². The van der Waals surface area contributed by atoms with E-state index in [4.69, 9.17) is 9.84 Å². The highest BCUT2D eigenvalue weighted by atomic mass is 32.2. The zero-order chi connectivity index (χ0) is 19.4. The molecule has 0 aliphatic rings. The lowest BCUT2D eigenvalue weighted by Gasteiger charge is -2.09. The Bertz CT molecular complexity index is 1040. The highest BCUT2D eigenvalue weighted by Gasteiger charge is 2.14. The number of nitrogens with one attached hydrogen (secondary N) is 1. The first kappa shape index (κ1) is 18.5. The fourth-order valence-electron chi connectivity index (χ4n) is 2.50. The molecule has 138 valence electrons. The van der Waals surface area contributed by atoms with Crippen LogP contribution in [0.3, 0.4) is 0 Å². The van der Waals surface area contributed by atoms with Gasteiger partial charge >= 0.3 is 5.97 Å². The molecular formula is C20H17NO5S. The van der Waals surface area contributed by atoms with Gasteiger partial charge in [0, 0.05) is 5.69 Å². The summed E-state index contributed by atoms with van der Waals surface area (Å²) in [5.74, 6) is -0.324. The van der Waals surface area contributed by atoms with Crippen molar-refractivity contribution >= 4 is 21.7 Å². The standard InChI is InChI=1S/C20H17NO5S/c1-26-18-10-4-14(5-11-18)15-6-12-19(13-7-15)27(24,25)21-17-8-2-16(3-9-17)20(22)23/h2-13,21H,1H3,(H,22,23). The van der Waals surface area contributed by atoms with Crippen molar-refractivity contribution in [2.24, 2.45) is 0 Å². The van der Waals surface area contributed by atoms with Crippen LogP contribution in [0.25, 0.3) is 11.1 Å². The largest absolute Gasteiger partial charge is 0.497 e. The Hall–Kier alpha value is -3.32. The zero-order valence-electron chi connectivity index (χ0n) is 14.4. The first-order valence-electron chi connectivity index (χ1n) is 8.00. The normalized spacial score (nSPS) is 11.0. The number of benzene rings is 3. The molecule has 0 amide bonds. The van der Waals surface area contributed by atoms with Gasteiger partial charge < -0.3 is 9.84 Å². The molecule has 3 rings (SSSR count). The van der Waals surface area contributed by atoms with Crippen LogP contribution in [0.1, 0.15) is 10.4 Å². The van der Waals surface area contributed by atoms with E-state index in [1.54, 1.807) is 19.2 Å². The van der Waals surface area contributed by atoms with E-state index in [0.717, 1.165) is 16.9 Å². The predicted molar refractivity (Wildman–Crippen MR) is 103 cm³/mol. The minimum atomic E-state index is -3.77. The Morgan fingerprint density at radius 1 is 0.852 bits per heavy atom. The Morgan fingerprint density at radius 3 is 1.85 bits per heavy atom. The van der Waals surface area contributed by atoms with E-state index in [1.807, 2.05) is 24.3 Å². The molecule has 0 aliphatic heterocycles. The van der Waals surface area contributed by atoms with Gasteiger partial charge in [0.25, 0.3) is 10.0 Å². The number of hydrogen-bond donors (Lipinski definition) is 2. The molecule has 0 heterocycles. The van der Waals surface area contributed by atoms with Crippen LogP contribution in [0.4, 0.5) is 5.69 Å². The van der Waals surface area contributed by atoms with Gasteiger partial charge in [-0.25, -0.2) is 13.2 Å². The quantitative estimate of drug-likeness (QED) is 0.674. The lowest BCUT2D eigenvalue weighted by atomic mass is 10.1. The van der Waals surface area contributed by atoms with Gasteiger partial charge in [-0.3, -0.25) is 4.72 Å². The summed E-state index contributed by atoms with van der Waals surface area (Å²) in [7, 11) is -2.18. The number of rotatable bonds is 6. The van der Waals surface area contributed by atoms with Gasteiger partial charge in [0.05, 0.1) is 17.6 Å². The van der Waals surface area contributed by atoms with E-state index in [-0.39, 0.29) is 10.5 Å². The number of ether oxygens (including phenoxy) is 1. The third-order valence-electron chi connectivity index (χ3n) is 3.97. The molecule has 0 atom stereocenters. The van der Waals surface area contributed by atoms with Gasteiger partial charge in [0.1, 0.15) is 5.75 Å². The number of carboxylic acid groups (broad SMARTS) is 1. The van der Waals surface area contributed by atoms with Crippen LogP contribution in [-0.2, 0) is 10.0 Å². The molecule has 0 unspecified atom stereocenters. The fourth-order valence-corrected chi connectivity index (χ4v) is 3.56. The van der Waals surface area contributed by atoms with Crippen LogP contribution in [0, 0.1) is 0 Å². The van der Waals surface area contributed by atoms with Gasteiger partial charge in [0.2, 0.25) is 0 Å². The Labute approximate surface area is 157 Å². The lowest BCUT2D eigenvalue weighted by Crippen LogP contribution is -2.13. The van der Waals surface area contributed by atoms with E-state index >= 15 is 0 Å². The van der Waals surface area contributed by atoms with Crippen molar-refractivity contribution in [1.82, 2.24) is 0 Å². The maximum Gasteiger partial charge on any atom is 0.335 e. The van der Waals surface area contributed by atoms with Crippen LogP contribution in [0.5, 0.6) is 5.75 Å². The molecule has 2 N–H and O–H groups in total. The SMILES string of the molecule is COc1ccc(-c2ccc(S(=O)(=O)Nc3ccc(C(=O)O)cc3)cc2)cc1. The molecule has 0 fully saturated rings. The monoisotopic (exact) mass is 383 g/mol. The van der Waals surface area contributed by atoms with Crippen LogP contribution in [0.15, 0.2) is 77.7 Å². The molecule has 0 saturated heterocycles. The smallest absolute Gasteiger partial charge is 0.335 e. The second-order valence-electron chi connectivity index (χ2n) is 5.74. The molecule has 6 nitrogen and oxygen atoms in total. The molecule has 0 bridgehead atoms. The predicted octanol–water partition coefficient (Wildman–Crippen LogP) is 3.86. The fraction of sp³-hybridized carbons (Fsp3) is 0.0500. The Morgan fingerprint density at radius 2 is 1.37 bits per heavy atom. The van der Waals surface area contributed by atoms with Crippen molar-refractivity contribution in [2.75, 3.05) is 11.8 Å². The molecule has 0 aliphatic carbocycles. The van der Waals surface area contributed by atoms with Gasteiger partial charge in [0.15, 0.2) is 0 Å². The molecule has 3 aromatic carbocycles. The maximum atomic E-state index is 12.5. The number of anilines is 1. The van der Waals surface area contributed by atoms with Crippen molar-refractivity contribution in [2.45, 2.75) is 4.90 Å². The van der Waals surface area contributed by atoms with E-state index < -0.39 is 16.0 Å². The second kappa shape index (κ2) is 7.51. The summed E-state index contributed by atoms with van der Waals surface area (Å²) in [4.78, 5) is 11.0. The topological polar surface area (TPSA) is 92.7 Å². The average Bonchev–Trinajstić information content (AvgIpc) is 2.68. The third kappa shape index (κ3) is 4.27. The Kier molecular flexibility index (Phi) is 5.14. The van der Waals surface area contributed by atoms with Crippen LogP contribution in [0.2, 0.25) is 0 Å². The first-order chi connectivity index (χ1) is 12.9. The molecule has 7 heteroatoms. The van der Waals surface area contributed by atoms with E-state index in [0.29, 0.717) is 5.69 Å². The maximum absolute atomic E-state index is 12.5. The number of hydrogen-bond acceptors (Lipinski definition) is 4. The van der Waals surface area contributed by atoms with Gasteiger partial charge in [-0.1, -0.05) is 24.3 Å². The molecule has 27 heavy (non-hydrogen) atoms. The lowest BCUT2D eigenvalue weighted by molar-refractivity contribution is 0.0697. The number of methoxy groups -OCH3 is 1. The summed E-state index contributed by atoms with van der Waals surface area (Å²) in [6, 6.07) is 19.5. The number of sulfonamides is 1. The summed E-state index contributed by atoms with van der Waals surface area (Å²) in [6.07, 6.45) is 0. The highest BCUT2D eigenvalue weighted by Crippen LogP contribution is 2.24. The van der Waals surface area contributed by atoms with Crippen molar-refractivity contribution in [3.8, 4) is 16.9 Å². The van der Waals surface area contributed by atoms with Crippen LogP contribution < -0.4 is 9.46 Å². The Balaban J connectivity index is 1.79. The summed E-state index contributed by atoms with van der Waals surface area (Å²) < 4.78 is 32.6. The number of aromatic carboxylic acids is 1. The van der Waals surface area contributed by atoms with Crippen molar-refractivity contribution < 1.29 is 23.1 Å². The summed E-state index contributed by atoms with van der Waals surface area (Å²) in [5, 5.41) is 8.89. The van der Waals surface area contributed by atoms with E-state index in [9.17, 15) is 13.2 Å². The molecule has 0 aromatic heterocycles. The summed E-state index contributed by atoms with van der Waals surface area (Å²) >= 11 is 0. The molecule has 0 spiro atoms. The molecule has 0 saturated carbocycles. The highest BCUT2D eigenvalue weighted by molar-refractivity contribution is 7.92. The number of carboxylic acids is 1. The second-order valence-corrected chi connectivity index (χ2v) is 7.42. The minimum Gasteiger partial charge on any atom is -0.497 e. The van der Waals surface area contributed by atoms with Crippen LogP contribution in [-0.4, -0.2) is 26.6 Å². The molecular weight excluding hydrogens is 366 g/mol. The van der Waals surface area contributed by atoms with Crippen molar-refractivity contribution in [3.63, 3.8) is 0 Å². The zero-order valence-corrected chi connectivity index (χ0v) is 15.2. The average molecular weight is 383 g/mol. The van der Waals surface area contributed by atoms with E-state index in [2.05, 4.69) is 4.72 Å². The summed E-state index contributed by atoms with van der Waals surface area (Å²) in [6.45, 7) is 0. The van der Waals surface area contributed by atoms with E-state index in [1.165, 1.54) is 36.4 Å².